The summed E-state index contributed by atoms with van der Waals surface area (Å²) in [5.74, 6) is 0.593. The van der Waals surface area contributed by atoms with Crippen LogP contribution in [0.1, 0.15) is 5.56 Å². The van der Waals surface area contributed by atoms with Crippen molar-refractivity contribution in [3.63, 3.8) is 0 Å². The molecular formula is C15H11FN2O3S. The Hall–Kier alpha value is -2.54. The van der Waals surface area contributed by atoms with Crippen LogP contribution in [0, 0.1) is 6.92 Å². The van der Waals surface area contributed by atoms with E-state index >= 15 is 0 Å². The lowest BCUT2D eigenvalue weighted by Gasteiger charge is -1.97. The van der Waals surface area contributed by atoms with Gasteiger partial charge in [-0.2, -0.15) is 8.42 Å². The molecule has 112 valence electrons. The number of rotatable bonds is 3. The van der Waals surface area contributed by atoms with Crippen molar-refractivity contribution in [1.29, 1.82) is 0 Å². The van der Waals surface area contributed by atoms with E-state index in [9.17, 15) is 12.3 Å². The van der Waals surface area contributed by atoms with Crippen LogP contribution in [0.2, 0.25) is 0 Å². The van der Waals surface area contributed by atoms with E-state index in [1.807, 2.05) is 31.2 Å². The first kappa shape index (κ1) is 14.4. The fourth-order valence-corrected chi connectivity index (χ4v) is 2.37. The van der Waals surface area contributed by atoms with Gasteiger partial charge in [0.15, 0.2) is 0 Å². The first-order chi connectivity index (χ1) is 10.4. The van der Waals surface area contributed by atoms with E-state index in [1.54, 1.807) is 0 Å². The number of benzene rings is 2. The van der Waals surface area contributed by atoms with Gasteiger partial charge in [-0.3, -0.25) is 0 Å². The van der Waals surface area contributed by atoms with Gasteiger partial charge in [-0.1, -0.05) is 17.7 Å². The maximum Gasteiger partial charge on any atom is 0.332 e. The van der Waals surface area contributed by atoms with Gasteiger partial charge < -0.3 is 4.42 Å². The average Bonchev–Trinajstić information content (AvgIpc) is 2.97. The van der Waals surface area contributed by atoms with Crippen LogP contribution in [0.5, 0.6) is 0 Å². The molecule has 0 aliphatic rings. The minimum absolute atomic E-state index is 0.235. The molecule has 0 aliphatic carbocycles. The van der Waals surface area contributed by atoms with Gasteiger partial charge in [-0.05, 0) is 43.3 Å². The maximum atomic E-state index is 12.8. The number of aryl methyl sites for hydroxylation is 1. The molecule has 3 aromatic rings. The van der Waals surface area contributed by atoms with Crippen molar-refractivity contribution < 1.29 is 16.7 Å². The lowest BCUT2D eigenvalue weighted by Crippen LogP contribution is -1.91. The molecule has 0 aliphatic heterocycles. The zero-order chi connectivity index (χ0) is 15.7. The zero-order valence-electron chi connectivity index (χ0n) is 11.5. The zero-order valence-corrected chi connectivity index (χ0v) is 12.3. The van der Waals surface area contributed by atoms with Crippen molar-refractivity contribution in [1.82, 2.24) is 10.2 Å². The number of hydrogen-bond donors (Lipinski definition) is 0. The van der Waals surface area contributed by atoms with E-state index in [1.165, 1.54) is 12.1 Å². The average molecular weight is 318 g/mol. The number of halogens is 1. The van der Waals surface area contributed by atoms with Gasteiger partial charge in [-0.15, -0.1) is 14.1 Å². The second kappa shape index (κ2) is 5.34. The molecule has 2 aromatic carbocycles. The van der Waals surface area contributed by atoms with Gasteiger partial charge in [0.2, 0.25) is 11.8 Å². The van der Waals surface area contributed by atoms with E-state index in [0.717, 1.165) is 23.3 Å². The van der Waals surface area contributed by atoms with Crippen molar-refractivity contribution in [2.75, 3.05) is 0 Å². The second-order valence-corrected chi connectivity index (χ2v) is 6.09. The van der Waals surface area contributed by atoms with Crippen molar-refractivity contribution in [3.8, 4) is 22.9 Å². The monoisotopic (exact) mass is 318 g/mol. The molecule has 0 fully saturated rings. The Morgan fingerprint density at radius 2 is 1.32 bits per heavy atom. The van der Waals surface area contributed by atoms with E-state index in [2.05, 4.69) is 10.2 Å². The predicted octanol–water partition coefficient (Wildman–Crippen LogP) is 3.37. The van der Waals surface area contributed by atoms with Gasteiger partial charge in [0.1, 0.15) is 0 Å². The summed E-state index contributed by atoms with van der Waals surface area (Å²) in [6.45, 7) is 1.98. The van der Waals surface area contributed by atoms with Crippen LogP contribution < -0.4 is 0 Å². The van der Waals surface area contributed by atoms with Gasteiger partial charge in [0, 0.05) is 11.1 Å². The minimum atomic E-state index is -4.71. The van der Waals surface area contributed by atoms with Crippen LogP contribution in [0.15, 0.2) is 57.8 Å². The topological polar surface area (TPSA) is 73.1 Å². The number of aromatic nitrogens is 2. The Morgan fingerprint density at radius 3 is 1.77 bits per heavy atom. The second-order valence-electron chi connectivity index (χ2n) is 4.74. The highest BCUT2D eigenvalue weighted by Crippen LogP contribution is 2.25. The summed E-state index contributed by atoms with van der Waals surface area (Å²) in [5, 5.41) is 7.87. The van der Waals surface area contributed by atoms with Gasteiger partial charge >= 0.3 is 10.2 Å². The SMILES string of the molecule is Cc1ccc(-c2nnc(-c3ccc(S(=O)(=O)F)cc3)o2)cc1. The third-order valence-corrected chi connectivity index (χ3v) is 3.94. The van der Waals surface area contributed by atoms with E-state index in [0.29, 0.717) is 11.5 Å². The molecule has 0 unspecified atom stereocenters. The summed E-state index contributed by atoms with van der Waals surface area (Å²) in [6, 6.07) is 12.7. The molecule has 5 nitrogen and oxygen atoms in total. The predicted molar refractivity (Wildman–Crippen MR) is 78.2 cm³/mol. The summed E-state index contributed by atoms with van der Waals surface area (Å²) >= 11 is 0. The van der Waals surface area contributed by atoms with Crippen LogP contribution in [0.4, 0.5) is 3.89 Å². The standard InChI is InChI=1S/C15H11FN2O3S/c1-10-2-4-11(5-3-10)14-17-18-15(21-14)12-6-8-13(9-7-12)22(16,19)20/h2-9H,1H3. The molecule has 0 N–H and O–H groups in total. The number of nitrogens with zero attached hydrogens (tertiary/aromatic N) is 2. The van der Waals surface area contributed by atoms with Crippen molar-refractivity contribution in [2.45, 2.75) is 11.8 Å². The number of hydrogen-bond acceptors (Lipinski definition) is 5. The third-order valence-electron chi connectivity index (χ3n) is 3.11. The van der Waals surface area contributed by atoms with E-state index in [-0.39, 0.29) is 5.89 Å². The fourth-order valence-electron chi connectivity index (χ4n) is 1.91. The minimum Gasteiger partial charge on any atom is -0.416 e. The molecule has 0 atom stereocenters. The molecule has 7 heteroatoms. The van der Waals surface area contributed by atoms with Gasteiger partial charge in [0.25, 0.3) is 0 Å². The summed E-state index contributed by atoms with van der Waals surface area (Å²) in [5.41, 5.74) is 2.41. The van der Waals surface area contributed by atoms with Crippen LogP contribution in [-0.2, 0) is 10.2 Å². The third kappa shape index (κ3) is 2.89. The smallest absolute Gasteiger partial charge is 0.332 e. The van der Waals surface area contributed by atoms with Crippen molar-refractivity contribution in [3.05, 3.63) is 54.1 Å². The molecule has 0 saturated carbocycles. The Balaban J connectivity index is 1.92. The maximum absolute atomic E-state index is 12.8. The molecule has 0 amide bonds. The lowest BCUT2D eigenvalue weighted by molar-refractivity contribution is 0.552. The van der Waals surface area contributed by atoms with Crippen molar-refractivity contribution >= 4 is 10.2 Å². The molecule has 1 heterocycles. The first-order valence-electron chi connectivity index (χ1n) is 6.39. The normalized spacial score (nSPS) is 11.5. The quantitative estimate of drug-likeness (QED) is 0.692. The van der Waals surface area contributed by atoms with Crippen LogP contribution >= 0.6 is 0 Å². The van der Waals surface area contributed by atoms with Crippen LogP contribution in [-0.4, -0.2) is 18.6 Å². The molecular weight excluding hydrogens is 307 g/mol. The molecule has 22 heavy (non-hydrogen) atoms. The summed E-state index contributed by atoms with van der Waals surface area (Å²) < 4.78 is 39.9. The Bertz CT molecular complexity index is 901. The summed E-state index contributed by atoms with van der Waals surface area (Å²) in [7, 11) is -4.71. The molecule has 0 spiro atoms. The Kier molecular flexibility index (Phi) is 3.50. The van der Waals surface area contributed by atoms with E-state index < -0.39 is 15.1 Å². The highest BCUT2D eigenvalue weighted by molar-refractivity contribution is 7.86. The van der Waals surface area contributed by atoms with Gasteiger partial charge in [-0.25, -0.2) is 0 Å². The lowest BCUT2D eigenvalue weighted by atomic mass is 10.1. The highest BCUT2D eigenvalue weighted by atomic mass is 32.3. The largest absolute Gasteiger partial charge is 0.416 e. The molecule has 1 aromatic heterocycles. The first-order valence-corrected chi connectivity index (χ1v) is 7.77. The summed E-state index contributed by atoms with van der Waals surface area (Å²) in [4.78, 5) is -0.408. The van der Waals surface area contributed by atoms with Crippen LogP contribution in [0.3, 0.4) is 0 Å². The van der Waals surface area contributed by atoms with Crippen molar-refractivity contribution in [2.24, 2.45) is 0 Å². The Labute approximate surface area is 126 Å². The molecule has 3 rings (SSSR count). The van der Waals surface area contributed by atoms with Gasteiger partial charge in [0.05, 0.1) is 4.90 Å². The highest BCUT2D eigenvalue weighted by Gasteiger charge is 2.14. The van der Waals surface area contributed by atoms with Crippen LogP contribution in [0.25, 0.3) is 22.9 Å². The Morgan fingerprint density at radius 1 is 0.864 bits per heavy atom. The molecule has 0 saturated heterocycles. The molecule has 0 bridgehead atoms. The fraction of sp³-hybridized carbons (Fsp3) is 0.0667. The van der Waals surface area contributed by atoms with E-state index in [4.69, 9.17) is 4.42 Å². The summed E-state index contributed by atoms with van der Waals surface area (Å²) in [6.07, 6.45) is 0. The molecule has 0 radical (unpaired) electrons.